The number of aliphatic hydroxyl groups is 1. The van der Waals surface area contributed by atoms with Gasteiger partial charge in [-0.3, -0.25) is 4.79 Å². The fourth-order valence-corrected chi connectivity index (χ4v) is 2.62. The lowest BCUT2D eigenvalue weighted by Crippen LogP contribution is -2.19. The van der Waals surface area contributed by atoms with Crippen LogP contribution < -0.4 is 11.5 Å². The number of hydrogen-bond donors (Lipinski definition) is 4. The second-order valence-corrected chi connectivity index (χ2v) is 5.59. The topological polar surface area (TPSA) is 110 Å². The number of nitrogens with two attached hydrogens (primary N) is 2. The van der Waals surface area contributed by atoms with E-state index in [4.69, 9.17) is 21.7 Å². The normalized spacial score (nSPS) is 13.2. The predicted molar refractivity (Wildman–Crippen MR) is 77.2 cm³/mol. The molecule has 0 spiro atoms. The molecule has 0 aromatic carbocycles. The Hall–Kier alpha value is -1.25. The Morgan fingerprint density at radius 1 is 1.16 bits per heavy atom. The van der Waals surface area contributed by atoms with Gasteiger partial charge in [-0.2, -0.15) is 0 Å². The van der Waals surface area contributed by atoms with Gasteiger partial charge in [0.2, 0.25) is 0 Å². The SMILES string of the molecule is NC(C(=O)O)c1cccs1.NC(CO)c1cccs1. The lowest BCUT2D eigenvalue weighted by molar-refractivity contribution is -0.138. The van der Waals surface area contributed by atoms with Gasteiger partial charge in [0.05, 0.1) is 12.6 Å². The van der Waals surface area contributed by atoms with Crippen molar-refractivity contribution in [1.82, 2.24) is 0 Å². The van der Waals surface area contributed by atoms with Crippen molar-refractivity contribution in [2.45, 2.75) is 12.1 Å². The third-order valence-electron chi connectivity index (χ3n) is 2.22. The fourth-order valence-electron chi connectivity index (χ4n) is 1.18. The maximum atomic E-state index is 10.3. The van der Waals surface area contributed by atoms with Crippen molar-refractivity contribution in [3.63, 3.8) is 0 Å². The summed E-state index contributed by atoms with van der Waals surface area (Å²) in [5.41, 5.74) is 10.8. The molecule has 7 heteroatoms. The van der Waals surface area contributed by atoms with Crippen LogP contribution in [0.3, 0.4) is 0 Å². The number of rotatable bonds is 4. The first-order valence-electron chi connectivity index (χ1n) is 5.48. The minimum Gasteiger partial charge on any atom is -0.480 e. The first kappa shape index (κ1) is 15.8. The molecule has 0 fully saturated rings. The monoisotopic (exact) mass is 300 g/mol. The molecular formula is C12H16N2O3S2. The van der Waals surface area contributed by atoms with Crippen molar-refractivity contribution in [3.8, 4) is 0 Å². The Labute approximate surface area is 119 Å². The number of carboxylic acid groups (broad SMARTS) is 1. The van der Waals surface area contributed by atoms with Gasteiger partial charge >= 0.3 is 5.97 Å². The summed E-state index contributed by atoms with van der Waals surface area (Å²) in [4.78, 5) is 12.0. The Balaban J connectivity index is 0.000000191. The van der Waals surface area contributed by atoms with Crippen molar-refractivity contribution in [1.29, 1.82) is 0 Å². The number of hydrogen-bond acceptors (Lipinski definition) is 6. The van der Waals surface area contributed by atoms with Crippen LogP contribution in [0.25, 0.3) is 0 Å². The van der Waals surface area contributed by atoms with E-state index in [1.807, 2.05) is 17.5 Å². The van der Waals surface area contributed by atoms with Gasteiger partial charge in [0.1, 0.15) is 6.04 Å². The number of carbonyl (C=O) groups is 1. The van der Waals surface area contributed by atoms with E-state index in [-0.39, 0.29) is 12.6 Å². The molecule has 2 aromatic rings. The Morgan fingerprint density at radius 2 is 1.68 bits per heavy atom. The molecule has 0 saturated heterocycles. The summed E-state index contributed by atoms with van der Waals surface area (Å²) in [6.45, 7) is 0.0283. The van der Waals surface area contributed by atoms with Gasteiger partial charge in [0.15, 0.2) is 0 Å². The molecule has 0 aliphatic carbocycles. The number of carboxylic acids is 1. The van der Waals surface area contributed by atoms with E-state index >= 15 is 0 Å². The summed E-state index contributed by atoms with van der Waals surface area (Å²) in [5.74, 6) is -0.984. The van der Waals surface area contributed by atoms with Crippen LogP contribution in [0, 0.1) is 0 Å². The lowest BCUT2D eigenvalue weighted by atomic mass is 10.3. The minimum atomic E-state index is -0.984. The van der Waals surface area contributed by atoms with E-state index in [1.54, 1.807) is 28.8 Å². The molecule has 0 aliphatic heterocycles. The Kier molecular flexibility index (Phi) is 6.68. The summed E-state index contributed by atoms with van der Waals surface area (Å²) in [6.07, 6.45) is 0. The van der Waals surface area contributed by atoms with Crippen molar-refractivity contribution in [3.05, 3.63) is 44.8 Å². The zero-order chi connectivity index (χ0) is 14.3. The number of aliphatic hydroxyl groups excluding tert-OH is 1. The smallest absolute Gasteiger partial charge is 0.325 e. The first-order chi connectivity index (χ1) is 9.06. The van der Waals surface area contributed by atoms with Gasteiger partial charge in [-0.25, -0.2) is 0 Å². The van der Waals surface area contributed by atoms with Crippen LogP contribution in [0.4, 0.5) is 0 Å². The standard InChI is InChI=1S/C6H7NO2S.C6H9NOS/c7-5(6(8)9)4-2-1-3-10-4;7-5(4-8)6-2-1-3-9-6/h1-3,5H,7H2,(H,8,9);1-3,5,8H,4,7H2. The van der Waals surface area contributed by atoms with Gasteiger partial charge in [-0.1, -0.05) is 12.1 Å². The fraction of sp³-hybridized carbons (Fsp3) is 0.250. The van der Waals surface area contributed by atoms with E-state index in [0.29, 0.717) is 4.88 Å². The molecule has 5 nitrogen and oxygen atoms in total. The predicted octanol–water partition coefficient (Wildman–Crippen LogP) is 1.57. The lowest BCUT2D eigenvalue weighted by Gasteiger charge is -2.01. The highest BCUT2D eigenvalue weighted by molar-refractivity contribution is 7.10. The van der Waals surface area contributed by atoms with Crippen molar-refractivity contribution < 1.29 is 15.0 Å². The second kappa shape index (κ2) is 8.03. The van der Waals surface area contributed by atoms with Crippen LogP contribution >= 0.6 is 22.7 Å². The Morgan fingerprint density at radius 3 is 2.05 bits per heavy atom. The summed E-state index contributed by atoms with van der Waals surface area (Å²) in [7, 11) is 0. The average molecular weight is 300 g/mol. The molecule has 0 amide bonds. The molecule has 2 atom stereocenters. The highest BCUT2D eigenvalue weighted by Crippen LogP contribution is 2.16. The summed E-state index contributed by atoms with van der Waals surface area (Å²) >= 11 is 2.92. The van der Waals surface area contributed by atoms with E-state index in [9.17, 15) is 4.79 Å². The van der Waals surface area contributed by atoms with Crippen molar-refractivity contribution in [2.24, 2.45) is 11.5 Å². The summed E-state index contributed by atoms with van der Waals surface area (Å²) in [6, 6.07) is 6.29. The highest BCUT2D eigenvalue weighted by atomic mass is 32.1. The minimum absolute atomic E-state index is 0.0283. The van der Waals surface area contributed by atoms with E-state index < -0.39 is 12.0 Å². The van der Waals surface area contributed by atoms with Crippen LogP contribution in [0.1, 0.15) is 21.8 Å². The van der Waals surface area contributed by atoms with Crippen LogP contribution in [0.2, 0.25) is 0 Å². The molecule has 104 valence electrons. The molecular weight excluding hydrogens is 284 g/mol. The van der Waals surface area contributed by atoms with E-state index in [2.05, 4.69) is 0 Å². The first-order valence-corrected chi connectivity index (χ1v) is 7.23. The maximum absolute atomic E-state index is 10.3. The summed E-state index contributed by atoms with van der Waals surface area (Å²) < 4.78 is 0. The molecule has 2 heterocycles. The molecule has 0 radical (unpaired) electrons. The van der Waals surface area contributed by atoms with E-state index in [1.165, 1.54) is 11.3 Å². The largest absolute Gasteiger partial charge is 0.480 e. The van der Waals surface area contributed by atoms with Crippen LogP contribution in [-0.2, 0) is 4.79 Å². The molecule has 2 unspecified atom stereocenters. The van der Waals surface area contributed by atoms with Gasteiger partial charge in [0, 0.05) is 9.75 Å². The zero-order valence-electron chi connectivity index (χ0n) is 10.1. The van der Waals surface area contributed by atoms with Crippen LogP contribution in [-0.4, -0.2) is 22.8 Å². The van der Waals surface area contributed by atoms with Crippen molar-refractivity contribution in [2.75, 3.05) is 6.61 Å². The van der Waals surface area contributed by atoms with Crippen LogP contribution in [0.5, 0.6) is 0 Å². The van der Waals surface area contributed by atoms with Crippen LogP contribution in [0.15, 0.2) is 35.0 Å². The third kappa shape index (κ3) is 5.09. The Bertz CT molecular complexity index is 471. The van der Waals surface area contributed by atoms with Crippen molar-refractivity contribution >= 4 is 28.6 Å². The highest BCUT2D eigenvalue weighted by Gasteiger charge is 2.13. The average Bonchev–Trinajstić information content (AvgIpc) is 3.09. The second-order valence-electron chi connectivity index (χ2n) is 3.64. The summed E-state index contributed by atoms with van der Waals surface area (Å²) in [5, 5.41) is 20.8. The quantitative estimate of drug-likeness (QED) is 0.685. The molecule has 0 saturated carbocycles. The molecule has 2 aromatic heterocycles. The number of thiophene rings is 2. The molecule has 2 rings (SSSR count). The van der Waals surface area contributed by atoms with Gasteiger partial charge < -0.3 is 21.7 Å². The molecule has 6 N–H and O–H groups in total. The third-order valence-corrected chi connectivity index (χ3v) is 4.18. The van der Waals surface area contributed by atoms with Gasteiger partial charge in [-0.05, 0) is 22.9 Å². The zero-order valence-corrected chi connectivity index (χ0v) is 11.7. The maximum Gasteiger partial charge on any atom is 0.325 e. The van der Waals surface area contributed by atoms with Gasteiger partial charge in [0.25, 0.3) is 0 Å². The molecule has 19 heavy (non-hydrogen) atoms. The number of aliphatic carboxylic acids is 1. The molecule has 0 aliphatic rings. The van der Waals surface area contributed by atoms with Gasteiger partial charge in [-0.15, -0.1) is 22.7 Å². The van der Waals surface area contributed by atoms with E-state index in [0.717, 1.165) is 4.88 Å². The molecule has 0 bridgehead atoms.